The average Bonchev–Trinajstić information content (AvgIpc) is 2.88. The third-order valence-electron chi connectivity index (χ3n) is 6.32. The second kappa shape index (κ2) is 14.1. The van der Waals surface area contributed by atoms with Crippen molar-refractivity contribution in [3.8, 4) is 0 Å². The van der Waals surface area contributed by atoms with Gasteiger partial charge in [-0.15, -0.1) is 11.8 Å². The average molecular weight is 523 g/mol. The molecule has 0 aliphatic carbocycles. The zero-order chi connectivity index (χ0) is 25.9. The van der Waals surface area contributed by atoms with Crippen molar-refractivity contribution in [3.05, 3.63) is 106 Å². The van der Waals surface area contributed by atoms with Crippen LogP contribution in [0.5, 0.6) is 0 Å². The highest BCUT2D eigenvalue weighted by atomic mass is 35.5. The number of halogens is 1. The number of nitrogens with zero attached hydrogens (tertiary/aromatic N) is 1. The maximum absolute atomic E-state index is 13.7. The molecule has 3 aromatic rings. The molecule has 4 nitrogen and oxygen atoms in total. The first-order valence-corrected chi connectivity index (χ1v) is 13.9. The van der Waals surface area contributed by atoms with Gasteiger partial charge < -0.3 is 10.2 Å². The smallest absolute Gasteiger partial charge is 0.243 e. The third-order valence-corrected chi connectivity index (χ3v) is 7.65. The molecule has 0 unspecified atom stereocenters. The molecule has 6 heteroatoms. The summed E-state index contributed by atoms with van der Waals surface area (Å²) in [5.74, 6) is 0.715. The van der Waals surface area contributed by atoms with E-state index in [1.165, 1.54) is 11.8 Å². The third kappa shape index (κ3) is 8.14. The van der Waals surface area contributed by atoms with Gasteiger partial charge in [-0.25, -0.2) is 0 Å². The van der Waals surface area contributed by atoms with Gasteiger partial charge in [-0.1, -0.05) is 91.3 Å². The summed E-state index contributed by atoms with van der Waals surface area (Å²) in [4.78, 5) is 29.0. The Kier molecular flexibility index (Phi) is 10.9. The number of hydrogen-bond acceptors (Lipinski definition) is 3. The second-order valence-electron chi connectivity index (χ2n) is 9.06. The Morgan fingerprint density at radius 3 is 2.25 bits per heavy atom. The largest absolute Gasteiger partial charge is 0.352 e. The van der Waals surface area contributed by atoms with Crippen molar-refractivity contribution in [2.45, 2.75) is 58.0 Å². The van der Waals surface area contributed by atoms with Crippen LogP contribution < -0.4 is 5.32 Å². The van der Waals surface area contributed by atoms with Gasteiger partial charge in [0.1, 0.15) is 6.04 Å². The van der Waals surface area contributed by atoms with Crippen LogP contribution >= 0.6 is 23.4 Å². The molecule has 1 N–H and O–H groups in total. The van der Waals surface area contributed by atoms with E-state index >= 15 is 0 Å². The maximum Gasteiger partial charge on any atom is 0.243 e. The monoisotopic (exact) mass is 522 g/mol. The molecule has 0 aliphatic rings. The Bertz CT molecular complexity index is 1140. The minimum atomic E-state index is -0.616. The number of carbonyl (C=O) groups is 2. The number of thioether (sulfide) groups is 1. The number of carbonyl (C=O) groups excluding carboxylic acids is 2. The van der Waals surface area contributed by atoms with Gasteiger partial charge in [0.25, 0.3) is 0 Å². The molecule has 0 heterocycles. The predicted octanol–water partition coefficient (Wildman–Crippen LogP) is 6.44. The molecule has 2 amide bonds. The van der Waals surface area contributed by atoms with E-state index in [0.717, 1.165) is 28.7 Å². The summed E-state index contributed by atoms with van der Waals surface area (Å²) in [6, 6.07) is 25.0. The van der Waals surface area contributed by atoms with E-state index in [9.17, 15) is 9.59 Å². The van der Waals surface area contributed by atoms with Gasteiger partial charge in [0.05, 0.1) is 5.75 Å². The molecular weight excluding hydrogens is 488 g/mol. The van der Waals surface area contributed by atoms with E-state index in [2.05, 4.69) is 5.32 Å². The first kappa shape index (κ1) is 27.8. The number of hydrogen-bond donors (Lipinski definition) is 1. The fourth-order valence-corrected chi connectivity index (χ4v) is 5.11. The van der Waals surface area contributed by atoms with Gasteiger partial charge in [-0.2, -0.15) is 0 Å². The van der Waals surface area contributed by atoms with E-state index in [-0.39, 0.29) is 23.6 Å². The summed E-state index contributed by atoms with van der Waals surface area (Å²) in [5.41, 5.74) is 4.15. The molecule has 36 heavy (non-hydrogen) atoms. The van der Waals surface area contributed by atoms with Gasteiger partial charge >= 0.3 is 0 Å². The van der Waals surface area contributed by atoms with Crippen LogP contribution in [-0.2, 0) is 28.3 Å². The lowest BCUT2D eigenvalue weighted by molar-refractivity contribution is -0.139. The summed E-state index contributed by atoms with van der Waals surface area (Å²) in [7, 11) is 0. The van der Waals surface area contributed by atoms with Crippen molar-refractivity contribution in [2.24, 2.45) is 0 Å². The quantitative estimate of drug-likeness (QED) is 0.298. The van der Waals surface area contributed by atoms with E-state index in [1.807, 2.05) is 99.6 Å². The fraction of sp³-hybridized carbons (Fsp3) is 0.333. The van der Waals surface area contributed by atoms with Crippen LogP contribution in [-0.4, -0.2) is 34.6 Å². The summed E-state index contributed by atoms with van der Waals surface area (Å²) in [6.45, 7) is 6.45. The standard InChI is InChI=1S/C30H35ClN2O2S/c1-4-23(3)32-30(35)28(18-24-13-6-5-7-14-24)33(19-25-15-9-8-12-22(25)2)29(34)21-36-20-26-16-10-11-17-27(26)31/h5-17,23,28H,4,18-21H2,1-3H3,(H,32,35)/t23-,28+/m1/s1. The number of aryl methyl sites for hydroxylation is 1. The van der Waals surface area contributed by atoms with Crippen molar-refractivity contribution >= 4 is 35.2 Å². The highest BCUT2D eigenvalue weighted by Crippen LogP contribution is 2.23. The van der Waals surface area contributed by atoms with Crippen molar-refractivity contribution in [1.29, 1.82) is 0 Å². The van der Waals surface area contributed by atoms with Crippen LogP contribution in [0.15, 0.2) is 78.9 Å². The zero-order valence-electron chi connectivity index (χ0n) is 21.2. The molecular formula is C30H35ClN2O2S. The van der Waals surface area contributed by atoms with Crippen LogP contribution in [0.25, 0.3) is 0 Å². The molecule has 0 fully saturated rings. The molecule has 2 atom stereocenters. The SMILES string of the molecule is CC[C@@H](C)NC(=O)[C@H](Cc1ccccc1)N(Cc1ccccc1C)C(=O)CSCc1ccccc1Cl. The lowest BCUT2D eigenvalue weighted by atomic mass is 10.0. The van der Waals surface area contributed by atoms with Crippen molar-refractivity contribution in [3.63, 3.8) is 0 Å². The molecule has 3 aromatic carbocycles. The predicted molar refractivity (Wildman–Crippen MR) is 151 cm³/mol. The molecule has 190 valence electrons. The lowest BCUT2D eigenvalue weighted by Crippen LogP contribution is -2.52. The van der Waals surface area contributed by atoms with Crippen molar-refractivity contribution < 1.29 is 9.59 Å². The molecule has 0 aliphatic heterocycles. The summed E-state index contributed by atoms with van der Waals surface area (Å²) in [5, 5.41) is 3.82. The maximum atomic E-state index is 13.7. The molecule has 0 aromatic heterocycles. The Morgan fingerprint density at radius 1 is 0.944 bits per heavy atom. The Balaban J connectivity index is 1.87. The van der Waals surface area contributed by atoms with Crippen LogP contribution in [0.3, 0.4) is 0 Å². The van der Waals surface area contributed by atoms with E-state index in [4.69, 9.17) is 11.6 Å². The number of amides is 2. The summed E-state index contributed by atoms with van der Waals surface area (Å²) < 4.78 is 0. The summed E-state index contributed by atoms with van der Waals surface area (Å²) in [6.07, 6.45) is 1.28. The second-order valence-corrected chi connectivity index (χ2v) is 10.4. The molecule has 0 spiro atoms. The first-order chi connectivity index (χ1) is 17.4. The van der Waals surface area contributed by atoms with E-state index in [1.54, 1.807) is 4.90 Å². The number of nitrogens with one attached hydrogen (secondary N) is 1. The molecule has 3 rings (SSSR count). The van der Waals surface area contributed by atoms with Gasteiger partial charge in [0.15, 0.2) is 0 Å². The minimum absolute atomic E-state index is 0.0285. The van der Waals surface area contributed by atoms with Crippen LogP contribution in [0.2, 0.25) is 5.02 Å². The minimum Gasteiger partial charge on any atom is -0.352 e. The highest BCUT2D eigenvalue weighted by molar-refractivity contribution is 7.99. The topological polar surface area (TPSA) is 49.4 Å². The van der Waals surface area contributed by atoms with Crippen molar-refractivity contribution in [1.82, 2.24) is 10.2 Å². The number of benzene rings is 3. The normalized spacial score (nSPS) is 12.6. The number of rotatable bonds is 12. The molecule has 0 radical (unpaired) electrons. The van der Waals surface area contributed by atoms with Gasteiger partial charge in [0.2, 0.25) is 11.8 Å². The Hall–Kier alpha value is -2.76. The van der Waals surface area contributed by atoms with E-state index < -0.39 is 6.04 Å². The van der Waals surface area contributed by atoms with Crippen molar-refractivity contribution in [2.75, 3.05) is 5.75 Å². The van der Waals surface area contributed by atoms with Crippen LogP contribution in [0.4, 0.5) is 0 Å². The Morgan fingerprint density at radius 2 is 1.58 bits per heavy atom. The molecule has 0 saturated heterocycles. The van der Waals surface area contributed by atoms with Gasteiger partial charge in [0, 0.05) is 29.8 Å². The highest BCUT2D eigenvalue weighted by Gasteiger charge is 2.31. The lowest BCUT2D eigenvalue weighted by Gasteiger charge is -2.32. The summed E-state index contributed by atoms with van der Waals surface area (Å²) >= 11 is 7.83. The fourth-order valence-electron chi connectivity index (χ4n) is 3.91. The first-order valence-electron chi connectivity index (χ1n) is 12.4. The van der Waals surface area contributed by atoms with E-state index in [0.29, 0.717) is 23.7 Å². The molecule has 0 saturated carbocycles. The molecule has 0 bridgehead atoms. The van der Waals surface area contributed by atoms with Gasteiger partial charge in [-0.05, 0) is 48.6 Å². The Labute approximate surface area is 224 Å². The van der Waals surface area contributed by atoms with Gasteiger partial charge in [-0.3, -0.25) is 9.59 Å². The van der Waals surface area contributed by atoms with Crippen LogP contribution in [0.1, 0.15) is 42.5 Å². The zero-order valence-corrected chi connectivity index (χ0v) is 22.8. The van der Waals surface area contributed by atoms with Crippen LogP contribution in [0, 0.1) is 6.92 Å².